The van der Waals surface area contributed by atoms with E-state index in [9.17, 15) is 19.0 Å². The third-order valence-electron chi connectivity index (χ3n) is 5.40. The van der Waals surface area contributed by atoms with Crippen LogP contribution in [0.5, 0.6) is 11.5 Å². The van der Waals surface area contributed by atoms with Crippen molar-refractivity contribution in [2.45, 2.75) is 44.7 Å². The Morgan fingerprint density at radius 2 is 1.71 bits per heavy atom. The number of aliphatic hydroxyl groups excluding tert-OH is 2. The summed E-state index contributed by atoms with van der Waals surface area (Å²) in [5.41, 5.74) is 1.39. The lowest BCUT2D eigenvalue weighted by atomic mass is 9.78. The number of halogens is 3. The van der Waals surface area contributed by atoms with Gasteiger partial charge in [-0.15, -0.1) is 16.7 Å². The van der Waals surface area contributed by atoms with Crippen LogP contribution in [0.1, 0.15) is 30.7 Å². The first-order chi connectivity index (χ1) is 16.2. The summed E-state index contributed by atoms with van der Waals surface area (Å²) in [6.07, 6.45) is -0.277. The van der Waals surface area contributed by atoms with Crippen molar-refractivity contribution in [3.63, 3.8) is 0 Å². The van der Waals surface area contributed by atoms with Gasteiger partial charge >= 0.3 is 0 Å². The Hall–Kier alpha value is -2.75. The standard InChI is InChI=1S/C24H28ClF2N3O4/c1-24(2,17-5-8-23(22(27)9-17)34-14-19(31)10-25)16-3-6-21(7-4-16)33-15-20(32)13-30-12-18(11-26)28-29-30/h3-9,12,19-20,31-32H,10-11,13-15H2,1-2H3/i26-1. The molecule has 0 aliphatic heterocycles. The smallest absolute Gasteiger partial charge is 0.165 e. The zero-order valence-electron chi connectivity index (χ0n) is 19.0. The Balaban J connectivity index is 1.59. The summed E-state index contributed by atoms with van der Waals surface area (Å²) in [4.78, 5) is 0. The Kier molecular flexibility index (Phi) is 8.82. The number of benzene rings is 2. The number of aliphatic hydroxyl groups is 2. The number of ether oxygens (including phenoxy) is 2. The van der Waals surface area contributed by atoms with Crippen molar-refractivity contribution in [2.24, 2.45) is 0 Å². The van der Waals surface area contributed by atoms with Crippen molar-refractivity contribution >= 4 is 11.6 Å². The van der Waals surface area contributed by atoms with Crippen LogP contribution in [0, 0.1) is 5.82 Å². The molecule has 2 aromatic carbocycles. The molecule has 0 aliphatic carbocycles. The van der Waals surface area contributed by atoms with Crippen molar-refractivity contribution in [1.82, 2.24) is 15.0 Å². The van der Waals surface area contributed by atoms with Crippen LogP contribution < -0.4 is 9.47 Å². The summed E-state index contributed by atoms with van der Waals surface area (Å²) < 4.78 is 39.4. The number of aromatic nitrogens is 3. The molecule has 1 heterocycles. The molecular weight excluding hydrogens is 467 g/mol. The fourth-order valence-corrected chi connectivity index (χ4v) is 3.41. The first-order valence-corrected chi connectivity index (χ1v) is 11.3. The van der Waals surface area contributed by atoms with Gasteiger partial charge in [0.15, 0.2) is 11.6 Å². The van der Waals surface area contributed by atoms with Crippen LogP contribution in [-0.4, -0.2) is 56.5 Å². The number of rotatable bonds is 12. The van der Waals surface area contributed by atoms with Crippen LogP contribution in [0.4, 0.5) is 8.78 Å². The van der Waals surface area contributed by atoms with Crippen LogP contribution >= 0.6 is 11.6 Å². The maximum absolute atomic E-state index is 14.6. The Bertz CT molecular complexity index is 1060. The molecule has 2 N–H and O–H groups in total. The monoisotopic (exact) mass is 494 g/mol. The van der Waals surface area contributed by atoms with E-state index in [1.54, 1.807) is 18.2 Å². The SMILES string of the molecule is CC(C)(c1ccc(OCC(O)Cn2cc(C[18F])nn2)cc1)c1ccc(OCC(O)CCl)c(F)c1. The Morgan fingerprint density at radius 1 is 1.03 bits per heavy atom. The number of alkyl halides is 2. The Morgan fingerprint density at radius 3 is 2.32 bits per heavy atom. The van der Waals surface area contributed by atoms with E-state index < -0.39 is 30.1 Å². The molecule has 0 radical (unpaired) electrons. The average Bonchev–Trinajstić information content (AvgIpc) is 3.29. The zero-order valence-corrected chi connectivity index (χ0v) is 19.8. The van der Waals surface area contributed by atoms with Crippen molar-refractivity contribution in [3.8, 4) is 11.5 Å². The molecule has 0 aliphatic rings. The average molecular weight is 495 g/mol. The second-order valence-electron chi connectivity index (χ2n) is 8.44. The van der Waals surface area contributed by atoms with E-state index in [4.69, 9.17) is 21.1 Å². The predicted octanol–water partition coefficient (Wildman–Crippen LogP) is 3.63. The molecule has 1 aromatic heterocycles. The summed E-state index contributed by atoms with van der Waals surface area (Å²) >= 11 is 5.53. The van der Waals surface area contributed by atoms with Crippen molar-refractivity contribution in [1.29, 1.82) is 0 Å². The fourth-order valence-electron chi connectivity index (χ4n) is 3.32. The molecule has 0 saturated carbocycles. The van der Waals surface area contributed by atoms with Crippen molar-refractivity contribution in [3.05, 3.63) is 71.3 Å². The predicted molar refractivity (Wildman–Crippen MR) is 124 cm³/mol. The van der Waals surface area contributed by atoms with Gasteiger partial charge in [-0.25, -0.2) is 13.5 Å². The van der Waals surface area contributed by atoms with Crippen molar-refractivity contribution < 1.29 is 28.5 Å². The van der Waals surface area contributed by atoms with Gasteiger partial charge in [0.05, 0.1) is 18.6 Å². The lowest BCUT2D eigenvalue weighted by molar-refractivity contribution is 0.0888. The maximum atomic E-state index is 14.6. The zero-order chi connectivity index (χ0) is 24.7. The lowest BCUT2D eigenvalue weighted by Gasteiger charge is -2.27. The second-order valence-corrected chi connectivity index (χ2v) is 8.75. The molecule has 0 fully saturated rings. The first kappa shape index (κ1) is 25.9. The molecule has 0 saturated heterocycles. The van der Waals surface area contributed by atoms with Crippen LogP contribution in [0.25, 0.3) is 0 Å². The molecule has 2 unspecified atom stereocenters. The molecule has 0 bridgehead atoms. The van der Waals surface area contributed by atoms with Crippen LogP contribution in [-0.2, 0) is 18.6 Å². The quantitative estimate of drug-likeness (QED) is 0.374. The fraction of sp³-hybridized carbons (Fsp3) is 0.417. The molecule has 0 amide bonds. The van der Waals surface area contributed by atoms with Gasteiger partial charge < -0.3 is 19.7 Å². The van der Waals surface area contributed by atoms with Gasteiger partial charge in [0, 0.05) is 5.41 Å². The molecule has 3 rings (SSSR count). The molecular formula is C24H28ClF2N3O4. The van der Waals surface area contributed by atoms with Gasteiger partial charge in [-0.3, -0.25) is 0 Å². The molecule has 0 spiro atoms. The number of hydrogen-bond acceptors (Lipinski definition) is 6. The van der Waals surface area contributed by atoms with Crippen LogP contribution in [0.3, 0.4) is 0 Å². The summed E-state index contributed by atoms with van der Waals surface area (Å²) in [5.74, 6) is 0.105. The molecule has 3 aromatic rings. The van der Waals surface area contributed by atoms with Crippen LogP contribution in [0.2, 0.25) is 0 Å². The van der Waals surface area contributed by atoms with Crippen LogP contribution in [0.15, 0.2) is 48.7 Å². The highest BCUT2D eigenvalue weighted by Gasteiger charge is 2.25. The minimum Gasteiger partial charge on any atom is -0.491 e. The van der Waals surface area contributed by atoms with Gasteiger partial charge in [0.1, 0.15) is 43.5 Å². The maximum Gasteiger partial charge on any atom is 0.165 e. The number of nitrogens with zero attached hydrogens (tertiary/aromatic N) is 3. The minimum atomic E-state index is -0.865. The van der Waals surface area contributed by atoms with Gasteiger partial charge in [-0.2, -0.15) is 0 Å². The highest BCUT2D eigenvalue weighted by Crippen LogP contribution is 2.34. The molecule has 2 atom stereocenters. The largest absolute Gasteiger partial charge is 0.491 e. The highest BCUT2D eigenvalue weighted by atomic mass is 35.5. The number of hydrogen-bond donors (Lipinski definition) is 2. The second kappa shape index (κ2) is 11.6. The van der Waals surface area contributed by atoms with Gasteiger partial charge in [0.25, 0.3) is 0 Å². The van der Waals surface area contributed by atoms with E-state index in [0.717, 1.165) is 11.1 Å². The molecule has 10 heteroatoms. The Labute approximate surface area is 201 Å². The van der Waals surface area contributed by atoms with E-state index in [-0.39, 0.29) is 37.1 Å². The van der Waals surface area contributed by atoms with Crippen molar-refractivity contribution in [2.75, 3.05) is 19.1 Å². The van der Waals surface area contributed by atoms with Gasteiger partial charge in [-0.05, 0) is 35.4 Å². The molecule has 7 nitrogen and oxygen atoms in total. The third kappa shape index (κ3) is 6.65. The van der Waals surface area contributed by atoms with E-state index in [1.807, 2.05) is 26.0 Å². The van der Waals surface area contributed by atoms with E-state index in [2.05, 4.69) is 10.3 Å². The van der Waals surface area contributed by atoms with E-state index >= 15 is 0 Å². The summed E-state index contributed by atoms with van der Waals surface area (Å²) in [6.45, 7) is 3.31. The normalized spacial score (nSPS) is 13.5. The van der Waals surface area contributed by atoms with Gasteiger partial charge in [0.2, 0.25) is 0 Å². The summed E-state index contributed by atoms with van der Waals surface area (Å²) in [7, 11) is 0. The molecule has 184 valence electrons. The minimum absolute atomic E-state index is 0.00846. The lowest BCUT2D eigenvalue weighted by Crippen LogP contribution is -2.24. The van der Waals surface area contributed by atoms with E-state index in [0.29, 0.717) is 5.75 Å². The third-order valence-corrected chi connectivity index (χ3v) is 5.76. The topological polar surface area (TPSA) is 89.6 Å². The summed E-state index contributed by atoms with van der Waals surface area (Å²) in [6, 6.07) is 12.1. The first-order valence-electron chi connectivity index (χ1n) is 10.8. The molecule has 34 heavy (non-hydrogen) atoms. The van der Waals surface area contributed by atoms with E-state index in [1.165, 1.54) is 23.0 Å². The van der Waals surface area contributed by atoms with Gasteiger partial charge in [-0.1, -0.05) is 37.3 Å². The summed E-state index contributed by atoms with van der Waals surface area (Å²) in [5, 5.41) is 27.0. The highest BCUT2D eigenvalue weighted by molar-refractivity contribution is 6.18.